The van der Waals surface area contributed by atoms with Crippen LogP contribution in [0.3, 0.4) is 0 Å². The van der Waals surface area contributed by atoms with Crippen LogP contribution in [0, 0.1) is 6.92 Å². The Hall–Kier alpha value is -2.24. The molecule has 144 valence electrons. The summed E-state index contributed by atoms with van der Waals surface area (Å²) >= 11 is 0. The smallest absolute Gasteiger partial charge is 0.407 e. The monoisotopic (exact) mass is 361 g/mol. The number of carbonyl (C=O) groups excluding carboxylic acids is 2. The van der Waals surface area contributed by atoms with Crippen molar-refractivity contribution in [2.24, 2.45) is 0 Å². The number of amides is 3. The fourth-order valence-corrected chi connectivity index (χ4v) is 3.24. The zero-order valence-corrected chi connectivity index (χ0v) is 16.5. The number of likely N-dealkylation sites (tertiary alicyclic amines) is 1. The first-order chi connectivity index (χ1) is 12.2. The summed E-state index contributed by atoms with van der Waals surface area (Å²) in [6.07, 6.45) is 2.42. The summed E-state index contributed by atoms with van der Waals surface area (Å²) in [5.41, 5.74) is 1.34. The van der Waals surface area contributed by atoms with E-state index < -0.39 is 11.7 Å². The van der Waals surface area contributed by atoms with Gasteiger partial charge in [0.1, 0.15) is 5.60 Å². The fraction of sp³-hybridized carbons (Fsp3) is 0.600. The molecule has 6 nitrogen and oxygen atoms in total. The van der Waals surface area contributed by atoms with Crippen LogP contribution >= 0.6 is 0 Å². The van der Waals surface area contributed by atoms with Gasteiger partial charge in [0.15, 0.2) is 0 Å². The van der Waals surface area contributed by atoms with E-state index in [9.17, 15) is 9.59 Å². The zero-order chi connectivity index (χ0) is 19.3. The standard InChI is InChI=1S/C20H31N3O3/c1-14-9-8-10-16(13-14)22-18(24)23-12-7-6-11-17(23)15(2)21-19(25)26-20(3,4)5/h8-10,13,15,17H,6-7,11-12H2,1-5H3,(H,21,25)(H,22,24)/t15-,17-/m0/s1. The highest BCUT2D eigenvalue weighted by Crippen LogP contribution is 2.22. The molecule has 1 heterocycles. The molecule has 6 heteroatoms. The second-order valence-corrected chi connectivity index (χ2v) is 7.99. The van der Waals surface area contributed by atoms with Gasteiger partial charge in [0.25, 0.3) is 0 Å². The molecule has 0 aliphatic carbocycles. The molecular weight excluding hydrogens is 330 g/mol. The Kier molecular flexibility index (Phi) is 6.51. The normalized spacial score (nSPS) is 18.8. The van der Waals surface area contributed by atoms with Crippen LogP contribution < -0.4 is 10.6 Å². The molecule has 0 radical (unpaired) electrons. The van der Waals surface area contributed by atoms with E-state index in [4.69, 9.17) is 4.74 Å². The number of ether oxygens (including phenoxy) is 1. The minimum absolute atomic E-state index is 0.0546. The summed E-state index contributed by atoms with van der Waals surface area (Å²) in [7, 11) is 0. The molecule has 3 amide bonds. The van der Waals surface area contributed by atoms with Crippen molar-refractivity contribution in [3.05, 3.63) is 29.8 Å². The number of carbonyl (C=O) groups is 2. The van der Waals surface area contributed by atoms with E-state index in [0.29, 0.717) is 6.54 Å². The van der Waals surface area contributed by atoms with Gasteiger partial charge in [0.2, 0.25) is 0 Å². The first-order valence-corrected chi connectivity index (χ1v) is 9.29. The summed E-state index contributed by atoms with van der Waals surface area (Å²) in [5.74, 6) is 0. The van der Waals surface area contributed by atoms with Crippen molar-refractivity contribution in [3.8, 4) is 0 Å². The molecule has 2 rings (SSSR count). The number of nitrogens with one attached hydrogen (secondary N) is 2. The zero-order valence-electron chi connectivity index (χ0n) is 16.5. The summed E-state index contributed by atoms with van der Waals surface area (Å²) in [6, 6.07) is 7.37. The van der Waals surface area contributed by atoms with Gasteiger partial charge in [-0.3, -0.25) is 0 Å². The lowest BCUT2D eigenvalue weighted by atomic mass is 9.97. The second-order valence-electron chi connectivity index (χ2n) is 7.99. The first-order valence-electron chi connectivity index (χ1n) is 9.29. The number of alkyl carbamates (subject to hydrolysis) is 1. The first kappa shape index (κ1) is 20.1. The van der Waals surface area contributed by atoms with Gasteiger partial charge in [-0.15, -0.1) is 0 Å². The van der Waals surface area contributed by atoms with Crippen LogP contribution in [0.1, 0.15) is 52.5 Å². The molecule has 0 saturated carbocycles. The van der Waals surface area contributed by atoms with Crippen LogP contribution in [-0.4, -0.2) is 41.3 Å². The maximum atomic E-state index is 12.8. The van der Waals surface area contributed by atoms with Crippen molar-refractivity contribution in [2.45, 2.75) is 71.6 Å². The molecule has 0 spiro atoms. The molecule has 2 atom stereocenters. The van der Waals surface area contributed by atoms with E-state index in [1.165, 1.54) is 0 Å². The van der Waals surface area contributed by atoms with Crippen LogP contribution in [0.25, 0.3) is 0 Å². The maximum absolute atomic E-state index is 12.8. The third-order valence-electron chi connectivity index (χ3n) is 4.40. The fourth-order valence-electron chi connectivity index (χ4n) is 3.24. The molecule has 2 N–H and O–H groups in total. The molecule has 1 aromatic carbocycles. The van der Waals surface area contributed by atoms with Gasteiger partial charge in [-0.25, -0.2) is 9.59 Å². The van der Waals surface area contributed by atoms with Gasteiger partial charge in [0.05, 0.1) is 6.04 Å². The molecule has 1 fully saturated rings. The third-order valence-corrected chi connectivity index (χ3v) is 4.40. The number of hydrogen-bond donors (Lipinski definition) is 2. The summed E-state index contributed by atoms with van der Waals surface area (Å²) in [4.78, 5) is 26.7. The van der Waals surface area contributed by atoms with E-state index >= 15 is 0 Å². The molecule has 1 saturated heterocycles. The molecule has 0 bridgehead atoms. The van der Waals surface area contributed by atoms with E-state index in [2.05, 4.69) is 10.6 Å². The summed E-state index contributed by atoms with van der Waals surface area (Å²) < 4.78 is 5.33. The Morgan fingerprint density at radius 2 is 2.00 bits per heavy atom. The lowest BCUT2D eigenvalue weighted by Crippen LogP contribution is -2.55. The number of rotatable bonds is 3. The van der Waals surface area contributed by atoms with Crippen molar-refractivity contribution in [2.75, 3.05) is 11.9 Å². The van der Waals surface area contributed by atoms with Crippen molar-refractivity contribution in [3.63, 3.8) is 0 Å². The Balaban J connectivity index is 2.01. The van der Waals surface area contributed by atoms with Crippen molar-refractivity contribution in [1.82, 2.24) is 10.2 Å². The highest BCUT2D eigenvalue weighted by Gasteiger charge is 2.32. The predicted octanol–water partition coefficient (Wildman–Crippen LogP) is 4.29. The van der Waals surface area contributed by atoms with Gasteiger partial charge in [0, 0.05) is 18.3 Å². The summed E-state index contributed by atoms with van der Waals surface area (Å²) in [5, 5.41) is 5.85. The number of piperidine rings is 1. The lowest BCUT2D eigenvalue weighted by Gasteiger charge is -2.39. The molecule has 1 aliphatic heterocycles. The number of anilines is 1. The largest absolute Gasteiger partial charge is 0.444 e. The minimum atomic E-state index is -0.543. The highest BCUT2D eigenvalue weighted by atomic mass is 16.6. The Morgan fingerprint density at radius 3 is 2.65 bits per heavy atom. The predicted molar refractivity (Wildman–Crippen MR) is 103 cm³/mol. The van der Waals surface area contributed by atoms with Gasteiger partial charge < -0.3 is 20.3 Å². The number of benzene rings is 1. The number of urea groups is 1. The van der Waals surface area contributed by atoms with Crippen LogP contribution in [0.4, 0.5) is 15.3 Å². The van der Waals surface area contributed by atoms with Crippen molar-refractivity contribution < 1.29 is 14.3 Å². The van der Waals surface area contributed by atoms with Crippen LogP contribution in [0.15, 0.2) is 24.3 Å². The number of nitrogens with zero attached hydrogens (tertiary/aromatic N) is 1. The average Bonchev–Trinajstić information content (AvgIpc) is 2.53. The van der Waals surface area contributed by atoms with Crippen LogP contribution in [-0.2, 0) is 4.74 Å². The third kappa shape index (κ3) is 5.93. The van der Waals surface area contributed by atoms with Crippen LogP contribution in [0.5, 0.6) is 0 Å². The number of aryl methyl sites for hydroxylation is 1. The molecule has 26 heavy (non-hydrogen) atoms. The molecular formula is C20H31N3O3. The maximum Gasteiger partial charge on any atom is 0.407 e. The van der Waals surface area contributed by atoms with E-state index in [0.717, 1.165) is 30.5 Å². The topological polar surface area (TPSA) is 70.7 Å². The Morgan fingerprint density at radius 1 is 1.27 bits per heavy atom. The van der Waals surface area contributed by atoms with E-state index in [1.807, 2.05) is 63.8 Å². The average molecular weight is 361 g/mol. The molecule has 0 aromatic heterocycles. The van der Waals surface area contributed by atoms with Gasteiger partial charge in [-0.05, 0) is 71.6 Å². The Labute approximate surface area is 156 Å². The van der Waals surface area contributed by atoms with Gasteiger partial charge in [-0.1, -0.05) is 12.1 Å². The second kappa shape index (κ2) is 8.43. The van der Waals surface area contributed by atoms with Gasteiger partial charge in [-0.2, -0.15) is 0 Å². The highest BCUT2D eigenvalue weighted by molar-refractivity contribution is 5.89. The quantitative estimate of drug-likeness (QED) is 0.843. The Bertz CT molecular complexity index is 639. The molecule has 1 aliphatic rings. The number of hydrogen-bond acceptors (Lipinski definition) is 3. The van der Waals surface area contributed by atoms with Crippen molar-refractivity contribution >= 4 is 17.8 Å². The van der Waals surface area contributed by atoms with Crippen LogP contribution in [0.2, 0.25) is 0 Å². The SMILES string of the molecule is Cc1cccc(NC(=O)N2CCCC[C@H]2[C@H](C)NC(=O)OC(C)(C)C)c1. The van der Waals surface area contributed by atoms with E-state index in [-0.39, 0.29) is 18.1 Å². The summed E-state index contributed by atoms with van der Waals surface area (Å²) in [6.45, 7) is 10.1. The molecule has 1 aromatic rings. The van der Waals surface area contributed by atoms with Crippen molar-refractivity contribution in [1.29, 1.82) is 0 Å². The molecule has 0 unspecified atom stereocenters. The van der Waals surface area contributed by atoms with Gasteiger partial charge >= 0.3 is 12.1 Å². The minimum Gasteiger partial charge on any atom is -0.444 e. The lowest BCUT2D eigenvalue weighted by molar-refractivity contribution is 0.0465. The van der Waals surface area contributed by atoms with E-state index in [1.54, 1.807) is 0 Å².